The minimum absolute atomic E-state index is 0.0123. The molecule has 0 aromatic rings. The number of rotatable bonds is 1. The summed E-state index contributed by atoms with van der Waals surface area (Å²) in [5.74, 6) is 0. The van der Waals surface area contributed by atoms with Gasteiger partial charge < -0.3 is 0 Å². The molecule has 1 rings (SSSR count). The third-order valence-corrected chi connectivity index (χ3v) is 2.27. The quantitative estimate of drug-likeness (QED) is 0.513. The first kappa shape index (κ1) is 7.03. The SMILES string of the molecule is C[C@H]1C[C@H](C(=O)Cl)N1C. The van der Waals surface area contributed by atoms with Crippen LogP contribution in [0.25, 0.3) is 0 Å². The summed E-state index contributed by atoms with van der Waals surface area (Å²) in [6.07, 6.45) is 0.916. The molecule has 1 heterocycles. The van der Waals surface area contributed by atoms with E-state index in [0.717, 1.165) is 6.42 Å². The Kier molecular flexibility index (Phi) is 1.78. The lowest BCUT2D eigenvalue weighted by molar-refractivity contribution is -0.122. The van der Waals surface area contributed by atoms with E-state index in [0.29, 0.717) is 6.04 Å². The van der Waals surface area contributed by atoms with Crippen molar-refractivity contribution in [2.45, 2.75) is 25.4 Å². The first-order chi connectivity index (χ1) is 4.13. The Bertz CT molecular complexity index is 137. The van der Waals surface area contributed by atoms with Gasteiger partial charge in [0, 0.05) is 6.04 Å². The lowest BCUT2D eigenvalue weighted by Crippen LogP contribution is -2.54. The summed E-state index contributed by atoms with van der Waals surface area (Å²) in [4.78, 5) is 12.5. The standard InChI is InChI=1S/C6H10ClNO/c1-4-3-5(6(7)9)8(4)2/h4-5H,3H2,1-2H3/t4-,5+/m0/s1. The van der Waals surface area contributed by atoms with Gasteiger partial charge in [0.1, 0.15) is 0 Å². The van der Waals surface area contributed by atoms with Crippen molar-refractivity contribution in [1.82, 2.24) is 4.90 Å². The van der Waals surface area contributed by atoms with E-state index in [2.05, 4.69) is 6.92 Å². The van der Waals surface area contributed by atoms with Gasteiger partial charge in [0.2, 0.25) is 5.24 Å². The summed E-state index contributed by atoms with van der Waals surface area (Å²) in [7, 11) is 1.92. The molecule has 2 atom stereocenters. The Labute approximate surface area is 59.8 Å². The van der Waals surface area contributed by atoms with Gasteiger partial charge in [-0.2, -0.15) is 0 Å². The summed E-state index contributed by atoms with van der Waals surface area (Å²) in [6, 6.07) is 0.513. The molecule has 0 amide bonds. The number of carbonyl (C=O) groups excluding carboxylic acids is 1. The van der Waals surface area contributed by atoms with Crippen molar-refractivity contribution >= 4 is 16.8 Å². The minimum atomic E-state index is -0.226. The molecule has 0 bridgehead atoms. The van der Waals surface area contributed by atoms with Gasteiger partial charge in [-0.05, 0) is 32.0 Å². The first-order valence-electron chi connectivity index (χ1n) is 3.04. The third kappa shape index (κ3) is 1.10. The van der Waals surface area contributed by atoms with Gasteiger partial charge in [-0.1, -0.05) is 0 Å². The predicted octanol–water partition coefficient (Wildman–Crippen LogP) is 0.844. The largest absolute Gasteiger partial charge is 0.293 e. The Morgan fingerprint density at radius 3 is 2.44 bits per heavy atom. The van der Waals surface area contributed by atoms with Crippen molar-refractivity contribution in [3.63, 3.8) is 0 Å². The fourth-order valence-corrected chi connectivity index (χ4v) is 1.32. The highest BCUT2D eigenvalue weighted by atomic mass is 35.5. The molecule has 0 aliphatic carbocycles. The van der Waals surface area contributed by atoms with E-state index < -0.39 is 0 Å². The maximum absolute atomic E-state index is 10.5. The topological polar surface area (TPSA) is 20.3 Å². The molecule has 0 unspecified atom stereocenters. The van der Waals surface area contributed by atoms with E-state index in [9.17, 15) is 4.79 Å². The molecule has 2 nitrogen and oxygen atoms in total. The van der Waals surface area contributed by atoms with E-state index in [1.54, 1.807) is 0 Å². The molecule has 0 radical (unpaired) electrons. The average molecular weight is 148 g/mol. The highest BCUT2D eigenvalue weighted by Crippen LogP contribution is 2.24. The molecule has 1 aliphatic heterocycles. The molecular weight excluding hydrogens is 138 g/mol. The molecule has 0 aromatic carbocycles. The van der Waals surface area contributed by atoms with Crippen molar-refractivity contribution in [1.29, 1.82) is 0 Å². The summed E-state index contributed by atoms with van der Waals surface area (Å²) in [5, 5.41) is -0.226. The molecule has 52 valence electrons. The fraction of sp³-hybridized carbons (Fsp3) is 0.833. The van der Waals surface area contributed by atoms with Crippen LogP contribution in [0.2, 0.25) is 0 Å². The van der Waals surface area contributed by atoms with E-state index >= 15 is 0 Å². The molecule has 0 saturated carbocycles. The van der Waals surface area contributed by atoms with E-state index in [1.165, 1.54) is 0 Å². The molecule has 0 spiro atoms. The van der Waals surface area contributed by atoms with Crippen LogP contribution in [0, 0.1) is 0 Å². The van der Waals surface area contributed by atoms with Crippen LogP contribution in [0.3, 0.4) is 0 Å². The van der Waals surface area contributed by atoms with Crippen LogP contribution < -0.4 is 0 Å². The lowest BCUT2D eigenvalue weighted by Gasteiger charge is -2.42. The summed E-state index contributed by atoms with van der Waals surface area (Å²) < 4.78 is 0. The van der Waals surface area contributed by atoms with E-state index in [-0.39, 0.29) is 11.3 Å². The number of hydrogen-bond acceptors (Lipinski definition) is 2. The zero-order valence-electron chi connectivity index (χ0n) is 5.60. The molecule has 0 N–H and O–H groups in total. The normalized spacial score (nSPS) is 35.9. The first-order valence-corrected chi connectivity index (χ1v) is 3.42. The smallest absolute Gasteiger partial charge is 0.238 e. The van der Waals surface area contributed by atoms with Gasteiger partial charge in [0.15, 0.2) is 0 Å². The molecule has 1 saturated heterocycles. The predicted molar refractivity (Wildman–Crippen MR) is 36.5 cm³/mol. The van der Waals surface area contributed by atoms with E-state index in [1.807, 2.05) is 11.9 Å². The highest BCUT2D eigenvalue weighted by molar-refractivity contribution is 6.64. The van der Waals surface area contributed by atoms with Crippen molar-refractivity contribution < 1.29 is 4.79 Å². The Morgan fingerprint density at radius 2 is 2.33 bits per heavy atom. The second-order valence-corrected chi connectivity index (χ2v) is 2.94. The van der Waals surface area contributed by atoms with E-state index in [4.69, 9.17) is 11.6 Å². The summed E-state index contributed by atoms with van der Waals surface area (Å²) in [5.41, 5.74) is 0. The van der Waals surface area contributed by atoms with Crippen LogP contribution in [-0.4, -0.2) is 29.3 Å². The van der Waals surface area contributed by atoms with Crippen molar-refractivity contribution in [3.05, 3.63) is 0 Å². The third-order valence-electron chi connectivity index (χ3n) is 2.01. The van der Waals surface area contributed by atoms with Crippen LogP contribution in [-0.2, 0) is 4.79 Å². The van der Waals surface area contributed by atoms with Gasteiger partial charge in [-0.3, -0.25) is 9.69 Å². The lowest BCUT2D eigenvalue weighted by atomic mass is 9.97. The molecule has 3 heteroatoms. The number of carbonyl (C=O) groups is 1. The second kappa shape index (κ2) is 2.27. The van der Waals surface area contributed by atoms with Crippen molar-refractivity contribution in [2.75, 3.05) is 7.05 Å². The molecule has 9 heavy (non-hydrogen) atoms. The van der Waals surface area contributed by atoms with Crippen LogP contribution in [0.15, 0.2) is 0 Å². The van der Waals surface area contributed by atoms with Gasteiger partial charge in [-0.25, -0.2) is 0 Å². The van der Waals surface area contributed by atoms with Gasteiger partial charge in [0.05, 0.1) is 6.04 Å². The Morgan fingerprint density at radius 1 is 1.78 bits per heavy atom. The zero-order valence-corrected chi connectivity index (χ0v) is 6.35. The van der Waals surface area contributed by atoms with Crippen LogP contribution in [0.5, 0.6) is 0 Å². The number of halogens is 1. The molecule has 1 aliphatic rings. The maximum Gasteiger partial charge on any atom is 0.238 e. The van der Waals surface area contributed by atoms with Crippen LogP contribution in [0.1, 0.15) is 13.3 Å². The molecule has 1 fully saturated rings. The highest BCUT2D eigenvalue weighted by Gasteiger charge is 2.35. The minimum Gasteiger partial charge on any atom is -0.293 e. The molecular formula is C6H10ClNO. The fourth-order valence-electron chi connectivity index (χ4n) is 1.08. The van der Waals surface area contributed by atoms with Gasteiger partial charge in [0.25, 0.3) is 0 Å². The van der Waals surface area contributed by atoms with Crippen molar-refractivity contribution in [3.8, 4) is 0 Å². The number of hydrogen-bond donors (Lipinski definition) is 0. The maximum atomic E-state index is 10.5. The number of likely N-dealkylation sites (N-methyl/N-ethyl adjacent to an activating group) is 1. The second-order valence-electron chi connectivity index (χ2n) is 2.57. The summed E-state index contributed by atoms with van der Waals surface area (Å²) >= 11 is 5.26. The number of nitrogens with zero attached hydrogens (tertiary/aromatic N) is 1. The number of likely N-dealkylation sites (tertiary alicyclic amines) is 1. The average Bonchev–Trinajstić information content (AvgIpc) is 1.81. The molecule has 0 aromatic heterocycles. The van der Waals surface area contributed by atoms with Gasteiger partial charge in [-0.15, -0.1) is 0 Å². The van der Waals surface area contributed by atoms with Crippen LogP contribution in [0.4, 0.5) is 0 Å². The Balaban J connectivity index is 2.42. The van der Waals surface area contributed by atoms with Crippen LogP contribution >= 0.6 is 11.6 Å². The zero-order chi connectivity index (χ0) is 7.02. The Hall–Kier alpha value is -0.0800. The summed E-state index contributed by atoms with van der Waals surface area (Å²) in [6.45, 7) is 2.08. The van der Waals surface area contributed by atoms with Gasteiger partial charge >= 0.3 is 0 Å². The monoisotopic (exact) mass is 147 g/mol. The van der Waals surface area contributed by atoms with Crippen molar-refractivity contribution in [2.24, 2.45) is 0 Å².